The zero-order valence-corrected chi connectivity index (χ0v) is 11.7. The minimum atomic E-state index is -0.261. The molecule has 1 fully saturated rings. The van der Waals surface area contributed by atoms with E-state index in [1.807, 2.05) is 29.3 Å². The third-order valence-electron chi connectivity index (χ3n) is 3.91. The lowest BCUT2D eigenvalue weighted by atomic mass is 10.1. The van der Waals surface area contributed by atoms with Crippen molar-refractivity contribution in [1.82, 2.24) is 9.88 Å². The standard InChI is InChI=1S/C16H17FN4/c17-13-4-1-2-6-15(13)20-8-10-21(11-9-20)16(12-18)14-5-3-7-19-14/h1-7,16,19H,8-11H2. The smallest absolute Gasteiger partial charge is 0.146 e. The van der Waals surface area contributed by atoms with Gasteiger partial charge in [-0.3, -0.25) is 4.90 Å². The molecule has 0 saturated carbocycles. The van der Waals surface area contributed by atoms with Crippen molar-refractivity contribution in [2.75, 3.05) is 31.1 Å². The van der Waals surface area contributed by atoms with Crippen molar-refractivity contribution in [3.05, 3.63) is 54.1 Å². The molecule has 2 heterocycles. The molecule has 4 nitrogen and oxygen atoms in total. The van der Waals surface area contributed by atoms with E-state index in [-0.39, 0.29) is 11.9 Å². The second-order valence-corrected chi connectivity index (χ2v) is 5.13. The maximum atomic E-state index is 13.8. The highest BCUT2D eigenvalue weighted by atomic mass is 19.1. The third-order valence-corrected chi connectivity index (χ3v) is 3.91. The number of nitriles is 1. The molecular weight excluding hydrogens is 267 g/mol. The molecule has 1 aliphatic rings. The fraction of sp³-hybridized carbons (Fsp3) is 0.312. The van der Waals surface area contributed by atoms with Crippen molar-refractivity contribution in [2.45, 2.75) is 6.04 Å². The summed E-state index contributed by atoms with van der Waals surface area (Å²) in [4.78, 5) is 7.26. The average molecular weight is 284 g/mol. The number of hydrogen-bond donors (Lipinski definition) is 1. The Morgan fingerprint density at radius 3 is 2.48 bits per heavy atom. The summed E-state index contributed by atoms with van der Waals surface area (Å²) in [7, 11) is 0. The first-order chi connectivity index (χ1) is 10.3. The summed E-state index contributed by atoms with van der Waals surface area (Å²) in [5.74, 6) is -0.188. The Kier molecular flexibility index (Phi) is 3.89. The van der Waals surface area contributed by atoms with Gasteiger partial charge in [0.25, 0.3) is 0 Å². The van der Waals surface area contributed by atoms with E-state index in [4.69, 9.17) is 0 Å². The van der Waals surface area contributed by atoms with E-state index in [2.05, 4.69) is 16.0 Å². The Hall–Kier alpha value is -2.32. The van der Waals surface area contributed by atoms with Gasteiger partial charge in [0.1, 0.15) is 11.9 Å². The summed E-state index contributed by atoms with van der Waals surface area (Å²) in [5, 5.41) is 9.39. The number of hydrogen-bond acceptors (Lipinski definition) is 3. The van der Waals surface area contributed by atoms with Crippen LogP contribution >= 0.6 is 0 Å². The fourth-order valence-corrected chi connectivity index (χ4v) is 2.79. The Balaban J connectivity index is 1.68. The highest BCUT2D eigenvalue weighted by Crippen LogP contribution is 2.24. The number of H-pyrrole nitrogens is 1. The van der Waals surface area contributed by atoms with Crippen molar-refractivity contribution >= 4 is 5.69 Å². The summed E-state index contributed by atoms with van der Waals surface area (Å²) in [6, 6.07) is 12.7. The van der Waals surface area contributed by atoms with Gasteiger partial charge in [-0.15, -0.1) is 0 Å². The van der Waals surface area contributed by atoms with Gasteiger partial charge in [-0.2, -0.15) is 5.26 Å². The number of rotatable bonds is 3. The molecule has 0 spiro atoms. The van der Waals surface area contributed by atoms with Gasteiger partial charge in [0.05, 0.1) is 11.8 Å². The largest absolute Gasteiger partial charge is 0.367 e. The van der Waals surface area contributed by atoms with Crippen LogP contribution in [0.5, 0.6) is 0 Å². The van der Waals surface area contributed by atoms with Crippen LogP contribution in [0.1, 0.15) is 11.7 Å². The van der Waals surface area contributed by atoms with Crippen LogP contribution in [-0.2, 0) is 0 Å². The Labute approximate surface area is 123 Å². The first-order valence-corrected chi connectivity index (χ1v) is 7.06. The second-order valence-electron chi connectivity index (χ2n) is 5.13. The van der Waals surface area contributed by atoms with Gasteiger partial charge in [0.2, 0.25) is 0 Å². The maximum absolute atomic E-state index is 13.8. The van der Waals surface area contributed by atoms with E-state index in [0.717, 1.165) is 31.9 Å². The highest BCUT2D eigenvalue weighted by molar-refractivity contribution is 5.48. The molecule has 108 valence electrons. The molecule has 1 aromatic heterocycles. The van der Waals surface area contributed by atoms with Gasteiger partial charge >= 0.3 is 0 Å². The van der Waals surface area contributed by atoms with Crippen LogP contribution in [0.4, 0.5) is 10.1 Å². The molecule has 0 aliphatic carbocycles. The molecule has 3 rings (SSSR count). The lowest BCUT2D eigenvalue weighted by Crippen LogP contribution is -2.47. The fourth-order valence-electron chi connectivity index (χ4n) is 2.79. The van der Waals surface area contributed by atoms with Crippen molar-refractivity contribution in [2.24, 2.45) is 0 Å². The summed E-state index contributed by atoms with van der Waals surface area (Å²) in [6.07, 6.45) is 1.83. The molecular formula is C16H17FN4. The minimum absolute atomic E-state index is 0.188. The summed E-state index contributed by atoms with van der Waals surface area (Å²) < 4.78 is 13.8. The summed E-state index contributed by atoms with van der Waals surface area (Å²) in [6.45, 7) is 2.93. The van der Waals surface area contributed by atoms with Crippen LogP contribution in [0.25, 0.3) is 0 Å². The predicted molar refractivity (Wildman–Crippen MR) is 79.3 cm³/mol. The zero-order valence-electron chi connectivity index (χ0n) is 11.7. The molecule has 1 saturated heterocycles. The second kappa shape index (κ2) is 5.98. The number of piperazine rings is 1. The predicted octanol–water partition coefficient (Wildman–Crippen LogP) is 2.54. The van der Waals surface area contributed by atoms with E-state index in [1.54, 1.807) is 12.1 Å². The quantitative estimate of drug-likeness (QED) is 0.942. The Bertz CT molecular complexity index is 624. The Morgan fingerprint density at radius 1 is 1.10 bits per heavy atom. The number of nitrogens with one attached hydrogen (secondary N) is 1. The van der Waals surface area contributed by atoms with Crippen LogP contribution in [0, 0.1) is 17.1 Å². The SMILES string of the molecule is N#CC(c1ccc[nH]1)N1CCN(c2ccccc2F)CC1. The topological polar surface area (TPSA) is 46.1 Å². The van der Waals surface area contributed by atoms with E-state index in [1.165, 1.54) is 6.07 Å². The summed E-state index contributed by atoms with van der Waals surface area (Å²) in [5.41, 5.74) is 1.56. The molecule has 1 aromatic carbocycles. The molecule has 2 aromatic rings. The molecule has 0 bridgehead atoms. The van der Waals surface area contributed by atoms with Crippen LogP contribution in [0.2, 0.25) is 0 Å². The van der Waals surface area contributed by atoms with Gasteiger partial charge in [0, 0.05) is 38.1 Å². The highest BCUT2D eigenvalue weighted by Gasteiger charge is 2.26. The number of halogens is 1. The lowest BCUT2D eigenvalue weighted by Gasteiger charge is -2.37. The van der Waals surface area contributed by atoms with Crippen LogP contribution in [0.3, 0.4) is 0 Å². The van der Waals surface area contributed by atoms with Crippen molar-refractivity contribution in [1.29, 1.82) is 5.26 Å². The number of para-hydroxylation sites is 1. The molecule has 0 amide bonds. The van der Waals surface area contributed by atoms with Crippen LogP contribution in [0.15, 0.2) is 42.6 Å². The van der Waals surface area contributed by atoms with Gasteiger partial charge in [0.15, 0.2) is 0 Å². The van der Waals surface area contributed by atoms with Gasteiger partial charge < -0.3 is 9.88 Å². The monoisotopic (exact) mass is 284 g/mol. The van der Waals surface area contributed by atoms with E-state index >= 15 is 0 Å². The third kappa shape index (κ3) is 2.76. The number of aromatic amines is 1. The molecule has 1 unspecified atom stereocenters. The average Bonchev–Trinajstić information content (AvgIpc) is 3.04. The molecule has 0 radical (unpaired) electrons. The molecule has 21 heavy (non-hydrogen) atoms. The van der Waals surface area contributed by atoms with Crippen LogP contribution < -0.4 is 4.90 Å². The Morgan fingerprint density at radius 2 is 1.86 bits per heavy atom. The molecule has 5 heteroatoms. The first-order valence-electron chi connectivity index (χ1n) is 7.06. The minimum Gasteiger partial charge on any atom is -0.367 e. The molecule has 1 N–H and O–H groups in total. The van der Waals surface area contributed by atoms with Crippen LogP contribution in [-0.4, -0.2) is 36.1 Å². The van der Waals surface area contributed by atoms with Crippen molar-refractivity contribution < 1.29 is 4.39 Å². The normalized spacial score (nSPS) is 17.4. The van der Waals surface area contributed by atoms with Crippen molar-refractivity contribution in [3.8, 4) is 6.07 Å². The van der Waals surface area contributed by atoms with E-state index < -0.39 is 0 Å². The summed E-state index contributed by atoms with van der Waals surface area (Å²) >= 11 is 0. The first kappa shape index (κ1) is 13.7. The van der Waals surface area contributed by atoms with Gasteiger partial charge in [-0.05, 0) is 24.3 Å². The number of anilines is 1. The maximum Gasteiger partial charge on any atom is 0.146 e. The number of nitrogens with zero attached hydrogens (tertiary/aromatic N) is 3. The number of aromatic nitrogens is 1. The molecule has 1 aliphatic heterocycles. The van der Waals surface area contributed by atoms with Crippen molar-refractivity contribution in [3.63, 3.8) is 0 Å². The zero-order chi connectivity index (χ0) is 14.7. The van der Waals surface area contributed by atoms with Gasteiger partial charge in [-0.1, -0.05) is 12.1 Å². The van der Waals surface area contributed by atoms with E-state index in [9.17, 15) is 9.65 Å². The molecule has 1 atom stereocenters. The van der Waals surface area contributed by atoms with E-state index in [0.29, 0.717) is 5.69 Å². The number of benzene rings is 1. The van der Waals surface area contributed by atoms with Gasteiger partial charge in [-0.25, -0.2) is 4.39 Å². The lowest BCUT2D eigenvalue weighted by molar-refractivity contribution is 0.219.